The van der Waals surface area contributed by atoms with Crippen molar-refractivity contribution in [2.24, 2.45) is 40.2 Å². The quantitative estimate of drug-likeness (QED) is 0.206. The number of Topliss-reactive ketones (excluding diaryl/α,β-unsaturated/α-hetero) is 1. The molecule has 2 saturated carbocycles. The first-order chi connectivity index (χ1) is 23.7. The molecule has 0 spiro atoms. The van der Waals surface area contributed by atoms with Crippen LogP contribution in [0.15, 0.2) is 24.3 Å². The maximum Gasteiger partial charge on any atom is 0.407 e. The Morgan fingerprint density at radius 3 is 2.08 bits per heavy atom. The molecule has 51 heavy (non-hydrogen) atoms. The van der Waals surface area contributed by atoms with E-state index >= 15 is 0 Å². The molecule has 5 rings (SSSR count). The molecule has 4 aliphatic rings. The summed E-state index contributed by atoms with van der Waals surface area (Å²) in [6, 6.07) is 3.84. The molecule has 0 aromatic heterocycles. The zero-order valence-electron chi connectivity index (χ0n) is 31.3. The molecule has 0 radical (unpaired) electrons. The van der Waals surface area contributed by atoms with E-state index in [0.717, 1.165) is 24.0 Å². The number of carbonyl (C=O) groups excluding carboxylic acids is 6. The molecule has 3 unspecified atom stereocenters. The van der Waals surface area contributed by atoms with E-state index in [0.29, 0.717) is 25.8 Å². The molecule has 6 atom stereocenters. The first-order valence-electron chi connectivity index (χ1n) is 18.2. The highest BCUT2D eigenvalue weighted by atomic mass is 16.5. The van der Waals surface area contributed by atoms with Crippen LogP contribution in [0.1, 0.15) is 85.8 Å². The molecular formula is C38H56N6O7. The van der Waals surface area contributed by atoms with E-state index in [-0.39, 0.29) is 41.6 Å². The predicted octanol–water partition coefficient (Wildman–Crippen LogP) is 2.83. The van der Waals surface area contributed by atoms with Crippen molar-refractivity contribution in [3.05, 3.63) is 35.4 Å². The van der Waals surface area contributed by atoms with E-state index in [4.69, 9.17) is 10.5 Å². The van der Waals surface area contributed by atoms with Crippen LogP contribution < -0.4 is 27.0 Å². The van der Waals surface area contributed by atoms with Gasteiger partial charge in [-0.05, 0) is 85.7 Å². The highest BCUT2D eigenvalue weighted by Gasteiger charge is 2.70. The second kappa shape index (κ2) is 14.1. The summed E-state index contributed by atoms with van der Waals surface area (Å²) in [5.41, 5.74) is 6.33. The minimum absolute atomic E-state index is 0.0582. The lowest BCUT2D eigenvalue weighted by molar-refractivity contribution is -0.144. The Balaban J connectivity index is 1.37. The Hall–Kier alpha value is -4.16. The molecule has 1 aromatic carbocycles. The Labute approximate surface area is 300 Å². The number of nitrogens with one attached hydrogen (secondary N) is 4. The zero-order valence-corrected chi connectivity index (χ0v) is 31.3. The van der Waals surface area contributed by atoms with Crippen LogP contribution in [0.2, 0.25) is 0 Å². The SMILES string of the molecule is CC(C)(C)NC(=O)OC[C@@H](NC(=O)N[C@H](C(=O)N1CC2C([C@H]1C(=O)NC(CC1CC1)C(=O)C(N)=O)C2(C)C)C1Cc2ccccc2C1)C(C)(C)C. The third-order valence-electron chi connectivity index (χ3n) is 11.2. The second-order valence-electron chi connectivity index (χ2n) is 17.8. The number of nitrogens with zero attached hydrogens (tertiary/aromatic N) is 1. The molecule has 3 fully saturated rings. The van der Waals surface area contributed by atoms with E-state index < -0.39 is 64.8 Å². The maximum atomic E-state index is 14.7. The number of nitrogens with two attached hydrogens (primary N) is 1. The van der Waals surface area contributed by atoms with Gasteiger partial charge in [-0.1, -0.05) is 71.7 Å². The summed E-state index contributed by atoms with van der Waals surface area (Å²) < 4.78 is 5.49. The number of ether oxygens (including phenoxy) is 1. The van der Waals surface area contributed by atoms with Crippen LogP contribution in [0.25, 0.3) is 0 Å². The summed E-state index contributed by atoms with van der Waals surface area (Å²) in [5.74, 6) is -2.95. The van der Waals surface area contributed by atoms with Gasteiger partial charge in [0.05, 0.1) is 12.1 Å². The number of likely N-dealkylation sites (tertiary alicyclic amines) is 1. The van der Waals surface area contributed by atoms with Crippen molar-refractivity contribution in [3.8, 4) is 0 Å². The van der Waals surface area contributed by atoms with Gasteiger partial charge in [0.25, 0.3) is 5.91 Å². The van der Waals surface area contributed by atoms with E-state index in [1.807, 2.05) is 65.8 Å². The molecule has 3 aliphatic carbocycles. The van der Waals surface area contributed by atoms with Crippen molar-refractivity contribution in [2.45, 2.75) is 117 Å². The maximum absolute atomic E-state index is 14.7. The number of piperidine rings is 1. The van der Waals surface area contributed by atoms with E-state index in [9.17, 15) is 28.8 Å². The molecule has 13 nitrogen and oxygen atoms in total. The largest absolute Gasteiger partial charge is 0.447 e. The predicted molar refractivity (Wildman–Crippen MR) is 190 cm³/mol. The van der Waals surface area contributed by atoms with Crippen LogP contribution in [0.4, 0.5) is 9.59 Å². The summed E-state index contributed by atoms with van der Waals surface area (Å²) in [4.78, 5) is 81.3. The van der Waals surface area contributed by atoms with Crippen LogP contribution >= 0.6 is 0 Å². The Kier molecular flexibility index (Phi) is 10.5. The van der Waals surface area contributed by atoms with Crippen molar-refractivity contribution in [2.75, 3.05) is 13.2 Å². The number of hydrogen-bond donors (Lipinski definition) is 5. The highest BCUT2D eigenvalue weighted by molar-refractivity contribution is 6.37. The third-order valence-corrected chi connectivity index (χ3v) is 11.2. The van der Waals surface area contributed by atoms with Crippen molar-refractivity contribution in [1.82, 2.24) is 26.2 Å². The summed E-state index contributed by atoms with van der Waals surface area (Å²) in [5, 5.41) is 11.5. The number of alkyl carbamates (subject to hydrolysis) is 1. The molecule has 6 N–H and O–H groups in total. The molecule has 1 saturated heterocycles. The van der Waals surface area contributed by atoms with Crippen molar-refractivity contribution in [3.63, 3.8) is 0 Å². The van der Waals surface area contributed by atoms with E-state index in [1.54, 1.807) is 4.90 Å². The van der Waals surface area contributed by atoms with Gasteiger partial charge >= 0.3 is 12.1 Å². The zero-order chi connectivity index (χ0) is 37.6. The number of hydrogen-bond acceptors (Lipinski definition) is 7. The van der Waals surface area contributed by atoms with E-state index in [2.05, 4.69) is 35.1 Å². The van der Waals surface area contributed by atoms with Gasteiger partial charge in [-0.2, -0.15) is 0 Å². The fourth-order valence-corrected chi connectivity index (χ4v) is 7.90. The fraction of sp³-hybridized carbons (Fsp3) is 0.684. The lowest BCUT2D eigenvalue weighted by atomic mass is 9.87. The molecule has 1 aliphatic heterocycles. The molecule has 13 heteroatoms. The van der Waals surface area contributed by atoms with Gasteiger partial charge in [-0.15, -0.1) is 0 Å². The van der Waals surface area contributed by atoms with Crippen LogP contribution in [-0.2, 0) is 36.8 Å². The Bertz CT molecular complexity index is 1530. The fourth-order valence-electron chi connectivity index (χ4n) is 7.90. The summed E-state index contributed by atoms with van der Waals surface area (Å²) >= 11 is 0. The number of carbonyl (C=O) groups is 6. The smallest absolute Gasteiger partial charge is 0.407 e. The number of primary amides is 1. The van der Waals surface area contributed by atoms with Gasteiger partial charge in [-0.3, -0.25) is 19.2 Å². The van der Waals surface area contributed by atoms with Gasteiger partial charge in [0, 0.05) is 12.1 Å². The van der Waals surface area contributed by atoms with Gasteiger partial charge in [-0.25, -0.2) is 9.59 Å². The lowest BCUT2D eigenvalue weighted by Crippen LogP contribution is -2.61. The number of fused-ring (bicyclic) bond motifs is 2. The molecule has 1 aromatic rings. The summed E-state index contributed by atoms with van der Waals surface area (Å²) in [6.07, 6.45) is 2.67. The molecule has 0 bridgehead atoms. The van der Waals surface area contributed by atoms with Gasteiger partial charge in [0.2, 0.25) is 17.6 Å². The van der Waals surface area contributed by atoms with Gasteiger partial charge in [0.15, 0.2) is 0 Å². The monoisotopic (exact) mass is 708 g/mol. The highest BCUT2D eigenvalue weighted by Crippen LogP contribution is 2.65. The van der Waals surface area contributed by atoms with Crippen LogP contribution in [0, 0.1) is 34.5 Å². The number of ketones is 1. The average Bonchev–Trinajstić information content (AvgIpc) is 3.77. The average molecular weight is 709 g/mol. The van der Waals surface area contributed by atoms with Crippen molar-refractivity contribution >= 4 is 35.6 Å². The number of rotatable bonds is 12. The van der Waals surface area contributed by atoms with E-state index in [1.165, 1.54) is 0 Å². The van der Waals surface area contributed by atoms with Crippen LogP contribution in [0.5, 0.6) is 0 Å². The lowest BCUT2D eigenvalue weighted by Gasteiger charge is -2.36. The standard InChI is InChI=1S/C38H56N6O7/c1-36(2,3)26(19-51-35(50)43-37(4,5)6)41-34(49)42-28(23-16-21-11-9-10-12-22(21)17-23)33(48)44-18-24-27(38(24,7)8)29(44)32(47)40-25(15-20-13-14-20)30(45)31(39)46/h9-12,20,23-29H,13-19H2,1-8H3,(H2,39,46)(H,40,47)(H,43,50)(H2,41,42,49)/t24?,25?,26-,27?,28+,29+/m1/s1. The van der Waals surface area contributed by atoms with Crippen molar-refractivity contribution in [1.29, 1.82) is 0 Å². The minimum atomic E-state index is -1.10. The number of urea groups is 1. The van der Waals surface area contributed by atoms with Gasteiger partial charge < -0.3 is 36.6 Å². The summed E-state index contributed by atoms with van der Waals surface area (Å²) in [7, 11) is 0. The Morgan fingerprint density at radius 2 is 1.55 bits per heavy atom. The third kappa shape index (κ3) is 8.84. The van der Waals surface area contributed by atoms with Crippen LogP contribution in [0.3, 0.4) is 0 Å². The Morgan fingerprint density at radius 1 is 0.941 bits per heavy atom. The topological polar surface area (TPSA) is 189 Å². The normalized spacial score (nSPS) is 23.9. The summed E-state index contributed by atoms with van der Waals surface area (Å²) in [6.45, 7) is 15.6. The minimum Gasteiger partial charge on any atom is -0.447 e. The molecule has 1 heterocycles. The first-order valence-corrected chi connectivity index (χ1v) is 18.2. The van der Waals surface area contributed by atoms with Crippen molar-refractivity contribution < 1.29 is 33.5 Å². The van der Waals surface area contributed by atoms with Gasteiger partial charge in [0.1, 0.15) is 18.7 Å². The molecular weight excluding hydrogens is 652 g/mol. The number of amides is 6. The molecule has 280 valence electrons. The molecule has 6 amide bonds. The second-order valence-corrected chi connectivity index (χ2v) is 17.8. The van der Waals surface area contributed by atoms with Crippen LogP contribution in [-0.4, -0.2) is 83.4 Å². The number of benzene rings is 1. The first kappa shape index (κ1) is 38.1.